The minimum Gasteiger partial charge on any atom is -0.341 e. The standard InChI is InChI=1S/C10H14FN3O3S/c11-18(16,17)7-9-5-10(15)14(6-9)4-3-13-2-1-12-8-13/h1-2,8-9H,3-7H2. The SMILES string of the molecule is O=C1CC(CS(=O)(=O)F)CN1CCn1ccnc1. The summed E-state index contributed by atoms with van der Waals surface area (Å²) >= 11 is 0. The number of hydrogen-bond donors (Lipinski definition) is 0. The smallest absolute Gasteiger partial charge is 0.302 e. The highest BCUT2D eigenvalue weighted by atomic mass is 32.3. The number of imidazole rings is 1. The Bertz CT molecular complexity index is 514. The molecule has 0 spiro atoms. The number of nitrogens with zero attached hydrogens (tertiary/aromatic N) is 3. The van der Waals surface area contributed by atoms with Gasteiger partial charge in [-0.1, -0.05) is 0 Å². The first kappa shape index (κ1) is 13.0. The lowest BCUT2D eigenvalue weighted by atomic mass is 10.1. The van der Waals surface area contributed by atoms with Crippen LogP contribution >= 0.6 is 0 Å². The van der Waals surface area contributed by atoms with Gasteiger partial charge in [-0.05, 0) is 0 Å². The average molecular weight is 275 g/mol. The van der Waals surface area contributed by atoms with Crippen LogP contribution in [-0.4, -0.2) is 47.6 Å². The Kier molecular flexibility index (Phi) is 3.65. The lowest BCUT2D eigenvalue weighted by Gasteiger charge is -2.16. The Balaban J connectivity index is 1.86. The van der Waals surface area contributed by atoms with E-state index < -0.39 is 21.9 Å². The van der Waals surface area contributed by atoms with Crippen molar-refractivity contribution >= 4 is 16.1 Å². The molecular weight excluding hydrogens is 261 g/mol. The van der Waals surface area contributed by atoms with E-state index in [1.807, 2.05) is 4.57 Å². The molecule has 100 valence electrons. The van der Waals surface area contributed by atoms with Crippen LogP contribution in [0.5, 0.6) is 0 Å². The molecule has 0 saturated carbocycles. The average Bonchev–Trinajstić information content (AvgIpc) is 2.83. The highest BCUT2D eigenvalue weighted by molar-refractivity contribution is 7.86. The molecule has 1 aromatic heterocycles. The monoisotopic (exact) mass is 275 g/mol. The van der Waals surface area contributed by atoms with Crippen molar-refractivity contribution in [3.8, 4) is 0 Å². The van der Waals surface area contributed by atoms with Gasteiger partial charge in [0.2, 0.25) is 5.91 Å². The molecule has 2 rings (SSSR count). The summed E-state index contributed by atoms with van der Waals surface area (Å²) in [6.07, 6.45) is 5.17. The fourth-order valence-corrected chi connectivity index (χ4v) is 2.90. The van der Waals surface area contributed by atoms with E-state index in [0.717, 1.165) is 0 Å². The molecule has 1 aliphatic rings. The Morgan fingerprint density at radius 2 is 2.22 bits per heavy atom. The van der Waals surface area contributed by atoms with Crippen LogP contribution in [-0.2, 0) is 21.6 Å². The van der Waals surface area contributed by atoms with Crippen LogP contribution in [0.4, 0.5) is 3.89 Å². The van der Waals surface area contributed by atoms with Crippen LogP contribution in [0.1, 0.15) is 6.42 Å². The van der Waals surface area contributed by atoms with Crippen molar-refractivity contribution in [2.24, 2.45) is 5.92 Å². The zero-order valence-corrected chi connectivity index (χ0v) is 10.5. The van der Waals surface area contributed by atoms with Gasteiger partial charge in [-0.3, -0.25) is 4.79 Å². The van der Waals surface area contributed by atoms with Gasteiger partial charge >= 0.3 is 10.2 Å². The summed E-state index contributed by atoms with van der Waals surface area (Å²) in [4.78, 5) is 17.1. The second kappa shape index (κ2) is 5.05. The predicted octanol–water partition coefficient (Wildman–Crippen LogP) is 0.0309. The maximum atomic E-state index is 12.5. The van der Waals surface area contributed by atoms with Gasteiger partial charge in [-0.25, -0.2) is 4.98 Å². The van der Waals surface area contributed by atoms with Gasteiger partial charge in [0.1, 0.15) is 0 Å². The molecule has 2 heterocycles. The molecule has 0 N–H and O–H groups in total. The van der Waals surface area contributed by atoms with Gasteiger partial charge in [0.15, 0.2) is 0 Å². The normalized spacial score (nSPS) is 20.6. The van der Waals surface area contributed by atoms with Crippen LogP contribution in [0.3, 0.4) is 0 Å². The van der Waals surface area contributed by atoms with Crippen molar-refractivity contribution < 1.29 is 17.1 Å². The minimum absolute atomic E-state index is 0.104. The molecule has 1 saturated heterocycles. The number of hydrogen-bond acceptors (Lipinski definition) is 4. The van der Waals surface area contributed by atoms with Crippen molar-refractivity contribution in [3.05, 3.63) is 18.7 Å². The largest absolute Gasteiger partial charge is 0.341 e. The van der Waals surface area contributed by atoms with Crippen LogP contribution in [0.25, 0.3) is 0 Å². The van der Waals surface area contributed by atoms with Crippen LogP contribution in [0.2, 0.25) is 0 Å². The number of aromatic nitrogens is 2. The molecule has 8 heteroatoms. The molecule has 0 aliphatic carbocycles. The molecule has 1 fully saturated rings. The minimum atomic E-state index is -4.51. The number of carbonyl (C=O) groups excluding carboxylic acids is 1. The van der Waals surface area contributed by atoms with Crippen LogP contribution < -0.4 is 0 Å². The fourth-order valence-electron chi connectivity index (χ4n) is 2.12. The third kappa shape index (κ3) is 3.52. The van der Waals surface area contributed by atoms with E-state index in [-0.39, 0.29) is 12.3 Å². The van der Waals surface area contributed by atoms with Crippen molar-refractivity contribution in [2.75, 3.05) is 18.8 Å². The summed E-state index contributed by atoms with van der Waals surface area (Å²) in [5.41, 5.74) is 0. The van der Waals surface area contributed by atoms with E-state index in [2.05, 4.69) is 4.98 Å². The number of halogens is 1. The Hall–Kier alpha value is -1.44. The van der Waals surface area contributed by atoms with E-state index in [4.69, 9.17) is 0 Å². The van der Waals surface area contributed by atoms with Crippen molar-refractivity contribution in [1.82, 2.24) is 14.5 Å². The summed E-state index contributed by atoms with van der Waals surface area (Å²) in [5, 5.41) is 0. The predicted molar refractivity (Wildman–Crippen MR) is 61.8 cm³/mol. The highest BCUT2D eigenvalue weighted by Crippen LogP contribution is 2.19. The molecule has 1 atom stereocenters. The maximum Gasteiger partial charge on any atom is 0.302 e. The summed E-state index contributed by atoms with van der Waals surface area (Å²) < 4.78 is 35.4. The van der Waals surface area contributed by atoms with Crippen molar-refractivity contribution in [2.45, 2.75) is 13.0 Å². The Labute approximate surface area is 105 Å². The van der Waals surface area contributed by atoms with Gasteiger partial charge < -0.3 is 9.47 Å². The fraction of sp³-hybridized carbons (Fsp3) is 0.600. The topological polar surface area (TPSA) is 72.3 Å². The first-order chi connectivity index (χ1) is 8.44. The van der Waals surface area contributed by atoms with E-state index in [9.17, 15) is 17.1 Å². The number of amides is 1. The van der Waals surface area contributed by atoms with E-state index >= 15 is 0 Å². The highest BCUT2D eigenvalue weighted by Gasteiger charge is 2.32. The molecule has 0 radical (unpaired) electrons. The quantitative estimate of drug-likeness (QED) is 0.711. The molecule has 0 aromatic carbocycles. The molecule has 1 aliphatic heterocycles. The lowest BCUT2D eigenvalue weighted by molar-refractivity contribution is -0.127. The van der Waals surface area contributed by atoms with Crippen LogP contribution in [0.15, 0.2) is 18.7 Å². The van der Waals surface area contributed by atoms with E-state index in [0.29, 0.717) is 19.6 Å². The van der Waals surface area contributed by atoms with Gasteiger partial charge in [0.05, 0.1) is 12.1 Å². The number of rotatable bonds is 5. The summed E-state index contributed by atoms with van der Waals surface area (Å²) in [6.45, 7) is 1.38. The first-order valence-corrected chi connectivity index (χ1v) is 7.15. The van der Waals surface area contributed by atoms with Gasteiger partial charge in [0, 0.05) is 44.4 Å². The zero-order chi connectivity index (χ0) is 13.2. The third-order valence-corrected chi connectivity index (χ3v) is 3.79. The summed E-state index contributed by atoms with van der Waals surface area (Å²) in [6, 6.07) is 0. The second-order valence-electron chi connectivity index (χ2n) is 4.42. The molecule has 0 bridgehead atoms. The molecule has 18 heavy (non-hydrogen) atoms. The van der Waals surface area contributed by atoms with Crippen molar-refractivity contribution in [3.63, 3.8) is 0 Å². The summed E-state index contributed by atoms with van der Waals surface area (Å²) in [7, 11) is -4.51. The zero-order valence-electron chi connectivity index (χ0n) is 9.70. The van der Waals surface area contributed by atoms with Crippen molar-refractivity contribution in [1.29, 1.82) is 0 Å². The molecule has 1 amide bonds. The maximum absolute atomic E-state index is 12.5. The third-order valence-electron chi connectivity index (χ3n) is 2.92. The first-order valence-electron chi connectivity index (χ1n) is 5.60. The van der Waals surface area contributed by atoms with Gasteiger partial charge in [-0.2, -0.15) is 8.42 Å². The molecule has 6 nitrogen and oxygen atoms in total. The van der Waals surface area contributed by atoms with Gasteiger partial charge in [-0.15, -0.1) is 3.89 Å². The summed E-state index contributed by atoms with van der Waals surface area (Å²) in [5.74, 6) is -1.13. The second-order valence-corrected chi connectivity index (χ2v) is 5.83. The Morgan fingerprint density at radius 3 is 2.83 bits per heavy atom. The molecule has 1 unspecified atom stereocenters. The Morgan fingerprint density at radius 1 is 1.44 bits per heavy atom. The number of carbonyl (C=O) groups is 1. The van der Waals surface area contributed by atoms with E-state index in [1.54, 1.807) is 23.6 Å². The van der Waals surface area contributed by atoms with Crippen LogP contribution in [0, 0.1) is 5.92 Å². The van der Waals surface area contributed by atoms with E-state index in [1.165, 1.54) is 0 Å². The number of likely N-dealkylation sites (tertiary alicyclic amines) is 1. The molecular formula is C10H14FN3O3S. The van der Waals surface area contributed by atoms with Gasteiger partial charge in [0.25, 0.3) is 0 Å². The lowest BCUT2D eigenvalue weighted by Crippen LogP contribution is -2.29. The molecule has 1 aromatic rings.